The number of aliphatic imine (C=N–C) groups is 1. The van der Waals surface area contributed by atoms with Crippen molar-refractivity contribution in [3.63, 3.8) is 0 Å². The molecule has 3 nitrogen and oxygen atoms in total. The van der Waals surface area contributed by atoms with E-state index < -0.39 is 0 Å². The van der Waals surface area contributed by atoms with Crippen LogP contribution in [0.2, 0.25) is 0 Å². The van der Waals surface area contributed by atoms with Gasteiger partial charge in [0.1, 0.15) is 0 Å². The molecular weight excluding hydrogens is 276 g/mol. The molecule has 1 aliphatic heterocycles. The summed E-state index contributed by atoms with van der Waals surface area (Å²) < 4.78 is 5.15. The number of thioether (sulfide) groups is 1. The SMILES string of the molecule is COCCN(C1=NCC(CBr)S1)C1CC1. The van der Waals surface area contributed by atoms with Crippen LogP contribution in [-0.4, -0.2) is 53.5 Å². The molecule has 86 valence electrons. The normalized spacial score (nSPS) is 25.5. The number of halogens is 1. The smallest absolute Gasteiger partial charge is 0.159 e. The summed E-state index contributed by atoms with van der Waals surface area (Å²) in [6, 6.07) is 0.737. The van der Waals surface area contributed by atoms with Crippen LogP contribution >= 0.6 is 27.7 Å². The third kappa shape index (κ3) is 3.11. The maximum Gasteiger partial charge on any atom is 0.159 e. The summed E-state index contributed by atoms with van der Waals surface area (Å²) in [6.07, 6.45) is 2.64. The van der Waals surface area contributed by atoms with E-state index in [9.17, 15) is 0 Å². The molecule has 0 bridgehead atoms. The largest absolute Gasteiger partial charge is 0.383 e. The topological polar surface area (TPSA) is 24.8 Å². The van der Waals surface area contributed by atoms with Gasteiger partial charge in [-0.3, -0.25) is 4.99 Å². The summed E-state index contributed by atoms with van der Waals surface area (Å²) in [5, 5.41) is 2.90. The Kier molecular flexibility index (Phi) is 4.34. The van der Waals surface area contributed by atoms with E-state index >= 15 is 0 Å². The number of hydrogen-bond acceptors (Lipinski definition) is 4. The Hall–Kier alpha value is 0.260. The molecule has 1 unspecified atom stereocenters. The van der Waals surface area contributed by atoms with E-state index in [1.54, 1.807) is 7.11 Å². The van der Waals surface area contributed by atoms with Gasteiger partial charge in [0.25, 0.3) is 0 Å². The van der Waals surface area contributed by atoms with Gasteiger partial charge in [-0.15, -0.1) is 0 Å². The lowest BCUT2D eigenvalue weighted by Gasteiger charge is -2.23. The van der Waals surface area contributed by atoms with Crippen molar-refractivity contribution in [3.05, 3.63) is 0 Å². The fourth-order valence-corrected chi connectivity index (χ4v) is 3.29. The summed E-state index contributed by atoms with van der Waals surface area (Å²) in [6.45, 7) is 2.75. The molecule has 1 heterocycles. The first kappa shape index (κ1) is 11.7. The molecule has 0 amide bonds. The number of rotatable bonds is 5. The second kappa shape index (κ2) is 5.55. The van der Waals surface area contributed by atoms with E-state index in [1.807, 2.05) is 11.8 Å². The van der Waals surface area contributed by atoms with Gasteiger partial charge in [-0.25, -0.2) is 0 Å². The molecule has 0 saturated heterocycles. The highest BCUT2D eigenvalue weighted by molar-refractivity contribution is 9.09. The maximum absolute atomic E-state index is 5.15. The number of nitrogens with zero attached hydrogens (tertiary/aromatic N) is 2. The van der Waals surface area contributed by atoms with Crippen molar-refractivity contribution in [1.29, 1.82) is 0 Å². The van der Waals surface area contributed by atoms with Gasteiger partial charge in [-0.2, -0.15) is 0 Å². The third-order valence-electron chi connectivity index (χ3n) is 2.64. The van der Waals surface area contributed by atoms with E-state index in [4.69, 9.17) is 4.74 Å². The number of methoxy groups -OCH3 is 1. The molecule has 0 aromatic rings. The Morgan fingerprint density at radius 1 is 1.60 bits per heavy atom. The van der Waals surface area contributed by atoms with Crippen LogP contribution in [0.25, 0.3) is 0 Å². The lowest BCUT2D eigenvalue weighted by Crippen LogP contribution is -2.33. The predicted molar refractivity (Wildman–Crippen MR) is 69.1 cm³/mol. The zero-order chi connectivity index (χ0) is 10.7. The molecule has 1 atom stereocenters. The first-order chi connectivity index (χ1) is 7.35. The minimum atomic E-state index is 0.629. The molecule has 2 aliphatic rings. The average Bonchev–Trinajstić information content (AvgIpc) is 2.97. The monoisotopic (exact) mass is 292 g/mol. The van der Waals surface area contributed by atoms with Crippen LogP contribution in [0.3, 0.4) is 0 Å². The summed E-state index contributed by atoms with van der Waals surface area (Å²) in [5.41, 5.74) is 0. The third-order valence-corrected chi connectivity index (χ3v) is 5.08. The van der Waals surface area contributed by atoms with Crippen molar-refractivity contribution in [2.45, 2.75) is 24.1 Å². The number of ether oxygens (including phenoxy) is 1. The van der Waals surface area contributed by atoms with Gasteiger partial charge >= 0.3 is 0 Å². The number of amidine groups is 1. The highest BCUT2D eigenvalue weighted by atomic mass is 79.9. The zero-order valence-electron chi connectivity index (χ0n) is 8.99. The highest BCUT2D eigenvalue weighted by Crippen LogP contribution is 2.33. The lowest BCUT2D eigenvalue weighted by molar-refractivity contribution is 0.175. The molecular formula is C10H17BrN2OS. The summed E-state index contributed by atoms with van der Waals surface area (Å²) in [5.74, 6) is 0. The number of hydrogen-bond donors (Lipinski definition) is 0. The lowest BCUT2D eigenvalue weighted by atomic mass is 10.5. The van der Waals surface area contributed by atoms with Crippen molar-refractivity contribution >= 4 is 32.9 Å². The van der Waals surface area contributed by atoms with Gasteiger partial charge < -0.3 is 9.64 Å². The minimum absolute atomic E-state index is 0.629. The van der Waals surface area contributed by atoms with Gasteiger partial charge in [0.2, 0.25) is 0 Å². The summed E-state index contributed by atoms with van der Waals surface area (Å²) >= 11 is 5.43. The molecule has 1 aliphatic carbocycles. The van der Waals surface area contributed by atoms with Crippen molar-refractivity contribution in [3.8, 4) is 0 Å². The second-order valence-electron chi connectivity index (χ2n) is 3.93. The molecule has 1 saturated carbocycles. The van der Waals surface area contributed by atoms with Crippen LogP contribution in [0.15, 0.2) is 4.99 Å². The van der Waals surface area contributed by atoms with E-state index in [2.05, 4.69) is 25.8 Å². The first-order valence-corrected chi connectivity index (χ1v) is 7.38. The Labute approximate surface area is 104 Å². The van der Waals surface area contributed by atoms with Crippen molar-refractivity contribution in [2.75, 3.05) is 32.1 Å². The van der Waals surface area contributed by atoms with Gasteiger partial charge in [-0.05, 0) is 12.8 Å². The minimum Gasteiger partial charge on any atom is -0.383 e. The average molecular weight is 293 g/mol. The Bertz CT molecular complexity index is 246. The van der Waals surface area contributed by atoms with Gasteiger partial charge in [0.05, 0.1) is 13.2 Å². The first-order valence-electron chi connectivity index (χ1n) is 5.37. The molecule has 0 aromatic heterocycles. The summed E-state index contributed by atoms with van der Waals surface area (Å²) in [7, 11) is 1.76. The van der Waals surface area contributed by atoms with Crippen LogP contribution in [0.1, 0.15) is 12.8 Å². The Morgan fingerprint density at radius 3 is 2.93 bits per heavy atom. The molecule has 0 N–H and O–H groups in total. The van der Waals surface area contributed by atoms with Gasteiger partial charge in [0.15, 0.2) is 5.17 Å². The van der Waals surface area contributed by atoms with Gasteiger partial charge in [0, 0.05) is 30.3 Å². The van der Waals surface area contributed by atoms with E-state index in [0.29, 0.717) is 5.25 Å². The number of alkyl halides is 1. The van der Waals surface area contributed by atoms with Crippen molar-refractivity contribution in [1.82, 2.24) is 4.90 Å². The maximum atomic E-state index is 5.15. The molecule has 0 spiro atoms. The molecule has 2 rings (SSSR count). The van der Waals surface area contributed by atoms with Crippen molar-refractivity contribution in [2.24, 2.45) is 4.99 Å². The predicted octanol–water partition coefficient (Wildman–Crippen LogP) is 1.96. The fourth-order valence-electron chi connectivity index (χ4n) is 1.65. The molecule has 1 fully saturated rings. The quantitative estimate of drug-likeness (QED) is 0.724. The van der Waals surface area contributed by atoms with Crippen LogP contribution in [0, 0.1) is 0 Å². The van der Waals surface area contributed by atoms with Gasteiger partial charge in [-0.1, -0.05) is 27.7 Å². The van der Waals surface area contributed by atoms with Crippen LogP contribution in [0.5, 0.6) is 0 Å². The Morgan fingerprint density at radius 2 is 2.40 bits per heavy atom. The molecule has 5 heteroatoms. The van der Waals surface area contributed by atoms with E-state index in [1.165, 1.54) is 18.0 Å². The molecule has 0 radical (unpaired) electrons. The van der Waals surface area contributed by atoms with Crippen LogP contribution < -0.4 is 0 Å². The van der Waals surface area contributed by atoms with E-state index in [-0.39, 0.29) is 0 Å². The van der Waals surface area contributed by atoms with E-state index in [0.717, 1.165) is 31.1 Å². The fraction of sp³-hybridized carbons (Fsp3) is 0.900. The van der Waals surface area contributed by atoms with Crippen LogP contribution in [0.4, 0.5) is 0 Å². The Balaban J connectivity index is 1.87. The second-order valence-corrected chi connectivity index (χ2v) is 5.85. The molecule has 15 heavy (non-hydrogen) atoms. The summed E-state index contributed by atoms with van der Waals surface area (Å²) in [4.78, 5) is 7.05. The molecule has 0 aromatic carbocycles. The van der Waals surface area contributed by atoms with Crippen LogP contribution in [-0.2, 0) is 4.74 Å². The standard InChI is InChI=1S/C10H17BrN2OS/c1-14-5-4-13(8-2-3-8)10-12-7-9(6-11)15-10/h8-9H,2-7H2,1H3. The van der Waals surface area contributed by atoms with Crippen molar-refractivity contribution < 1.29 is 4.74 Å². The highest BCUT2D eigenvalue weighted by Gasteiger charge is 2.33. The zero-order valence-corrected chi connectivity index (χ0v) is 11.4.